The Bertz CT molecular complexity index is 2250. The van der Waals surface area contributed by atoms with Gasteiger partial charge < -0.3 is 9.30 Å². The van der Waals surface area contributed by atoms with Gasteiger partial charge >= 0.3 is 37.9 Å². The van der Waals surface area contributed by atoms with Crippen LogP contribution in [0.1, 0.15) is 84.6 Å². The number of rotatable bonds is 14. The van der Waals surface area contributed by atoms with Crippen molar-refractivity contribution in [1.29, 1.82) is 0 Å². The van der Waals surface area contributed by atoms with Crippen LogP contribution < -0.4 is 10.4 Å². The number of hydrogen-bond donors (Lipinski definition) is 0. The molecule has 6 aromatic carbocycles. The molecule has 1 atom stereocenters. The molecule has 0 aliphatic carbocycles. The molecule has 0 aliphatic heterocycles. The molecule has 0 amide bonds. The summed E-state index contributed by atoms with van der Waals surface area (Å²) in [4.78, 5) is 0. The van der Waals surface area contributed by atoms with Crippen molar-refractivity contribution in [3.63, 3.8) is 0 Å². The minimum absolute atomic E-state index is 0.0666. The van der Waals surface area contributed by atoms with E-state index in [2.05, 4.69) is 137 Å². The zero-order valence-corrected chi connectivity index (χ0v) is 37.0. The van der Waals surface area contributed by atoms with E-state index in [1.807, 2.05) is 0 Å². The van der Waals surface area contributed by atoms with Crippen LogP contribution in [0.15, 0.2) is 91.0 Å². The average molecular weight is 828 g/mol. The van der Waals surface area contributed by atoms with Gasteiger partial charge in [0.05, 0.1) is 5.60 Å². The van der Waals surface area contributed by atoms with Crippen LogP contribution in [0.4, 0.5) is 0 Å². The summed E-state index contributed by atoms with van der Waals surface area (Å²) in [5, 5.41) is 14.9. The Kier molecular flexibility index (Phi) is 13.3. The van der Waals surface area contributed by atoms with Crippen LogP contribution in [0.5, 0.6) is 0 Å². The van der Waals surface area contributed by atoms with Gasteiger partial charge in [0, 0.05) is 27.2 Å². The summed E-state index contributed by atoms with van der Waals surface area (Å²) in [5.74, 6) is 0. The summed E-state index contributed by atoms with van der Waals surface area (Å²) in [7, 11) is 9.77. The Balaban J connectivity index is 0.00000150. The van der Waals surface area contributed by atoms with Crippen LogP contribution in [0.3, 0.4) is 0 Å². The SMILES string of the molecule is CCCCCCc1ccc2c3ccccc3[c-]([Si](C)(CCCCCCOC(C)(C)C)[c-]3c4ccccc4c4c3c3ccccc3n4C)c2c1.[Cl][Zr+2][Cl]. The first-order valence-corrected chi connectivity index (χ1v) is 28.4. The van der Waals surface area contributed by atoms with Crippen LogP contribution in [0.2, 0.25) is 12.6 Å². The molecule has 1 unspecified atom stereocenters. The van der Waals surface area contributed by atoms with E-state index >= 15 is 0 Å². The maximum absolute atomic E-state index is 6.09. The van der Waals surface area contributed by atoms with Gasteiger partial charge in [-0.05, 0) is 51.6 Å². The van der Waals surface area contributed by atoms with Crippen LogP contribution in [0.25, 0.3) is 54.1 Å². The monoisotopic (exact) mass is 825 g/mol. The van der Waals surface area contributed by atoms with Gasteiger partial charge in [-0.25, -0.2) is 0 Å². The molecule has 52 heavy (non-hydrogen) atoms. The van der Waals surface area contributed by atoms with E-state index in [9.17, 15) is 0 Å². The van der Waals surface area contributed by atoms with E-state index in [0.29, 0.717) is 0 Å². The fraction of sp³-hybridized carbons (Fsp3) is 0.391. The number of halogens is 2. The molecule has 2 nitrogen and oxygen atoms in total. The van der Waals surface area contributed by atoms with E-state index in [-0.39, 0.29) is 5.60 Å². The second-order valence-electron chi connectivity index (χ2n) is 15.9. The number of nitrogens with zero attached hydrogens (tertiary/aromatic N) is 1. The number of hydrogen-bond acceptors (Lipinski definition) is 1. The summed E-state index contributed by atoms with van der Waals surface area (Å²) in [6.45, 7) is 12.4. The Morgan fingerprint density at radius 3 is 2.00 bits per heavy atom. The zero-order chi connectivity index (χ0) is 36.9. The minimum atomic E-state index is -2.37. The first-order valence-electron chi connectivity index (χ1n) is 19.4. The summed E-state index contributed by atoms with van der Waals surface area (Å²) < 4.78 is 8.56. The second-order valence-corrected chi connectivity index (χ2v) is 23.8. The number of para-hydroxylation sites is 1. The molecule has 0 saturated carbocycles. The Labute approximate surface area is 331 Å². The van der Waals surface area contributed by atoms with Crippen molar-refractivity contribution in [3.8, 4) is 0 Å². The van der Waals surface area contributed by atoms with Gasteiger partial charge in [-0.15, -0.1) is 55.5 Å². The Hall–Kier alpha value is -2.20. The van der Waals surface area contributed by atoms with Crippen molar-refractivity contribution < 1.29 is 25.6 Å². The van der Waals surface area contributed by atoms with E-state index in [4.69, 9.17) is 21.8 Å². The van der Waals surface area contributed by atoms with Crippen molar-refractivity contribution >= 4 is 89.6 Å². The van der Waals surface area contributed by atoms with Gasteiger partial charge in [0.25, 0.3) is 0 Å². The third kappa shape index (κ3) is 8.08. The van der Waals surface area contributed by atoms with Gasteiger partial charge in [0.2, 0.25) is 0 Å². The quantitative estimate of drug-likeness (QED) is 0.0605. The topological polar surface area (TPSA) is 14.2 Å². The molecule has 272 valence electrons. The first kappa shape index (κ1) is 39.5. The van der Waals surface area contributed by atoms with Gasteiger partial charge in [0.15, 0.2) is 0 Å². The van der Waals surface area contributed by atoms with Crippen LogP contribution >= 0.6 is 17.0 Å². The Morgan fingerprint density at radius 2 is 1.29 bits per heavy atom. The van der Waals surface area contributed by atoms with Crippen molar-refractivity contribution in [2.24, 2.45) is 7.05 Å². The van der Waals surface area contributed by atoms with Crippen molar-refractivity contribution in [3.05, 3.63) is 96.6 Å². The molecule has 0 saturated heterocycles. The average Bonchev–Trinajstić information content (AvgIpc) is 3.76. The van der Waals surface area contributed by atoms with Crippen molar-refractivity contribution in [2.45, 2.75) is 104 Å². The molecule has 0 N–H and O–H groups in total. The first-order chi connectivity index (χ1) is 25.1. The van der Waals surface area contributed by atoms with E-state index in [1.54, 1.807) is 10.4 Å². The standard InChI is InChI=1S/C46H55NOSi.2ClH.Zr/c1-7-8-9-12-21-33-28-29-35-34-22-13-15-24-37(34)44(40(35)32-33)49(6,31-20-11-10-19-30-48-46(2,3)4)45-38-25-16-14-23-36(38)43-42(45)39-26-17-18-27-41(39)47(43)5;;;/h13-18,22-29,32H,7-12,19-21,30-31H2,1-6H3;2*1H;/q-2;;;+4/p-2. The van der Waals surface area contributed by atoms with Gasteiger partial charge in [-0.1, -0.05) is 146 Å². The number of aromatic nitrogens is 1. The zero-order valence-electron chi connectivity index (χ0n) is 32.0. The molecular formula is C46H55Cl2NOSiZr. The Morgan fingerprint density at radius 1 is 0.692 bits per heavy atom. The van der Waals surface area contributed by atoms with Crippen molar-refractivity contribution in [2.75, 3.05) is 6.61 Å². The molecule has 0 bridgehead atoms. The number of ether oxygens (including phenoxy) is 1. The predicted octanol–water partition coefficient (Wildman–Crippen LogP) is 13.3. The second kappa shape index (κ2) is 17.5. The fourth-order valence-electron chi connectivity index (χ4n) is 8.88. The molecule has 1 heterocycles. The number of aryl methyl sites for hydroxylation is 2. The third-order valence-electron chi connectivity index (χ3n) is 11.2. The molecule has 1 aromatic heterocycles. The number of benzene rings is 4. The predicted molar refractivity (Wildman–Crippen MR) is 230 cm³/mol. The van der Waals surface area contributed by atoms with Crippen LogP contribution in [-0.4, -0.2) is 24.8 Å². The molecule has 7 rings (SSSR count). The molecule has 6 heteroatoms. The summed E-state index contributed by atoms with van der Waals surface area (Å²) in [6, 6.07) is 36.5. The number of fused-ring (bicyclic) bond motifs is 8. The van der Waals surface area contributed by atoms with E-state index < -0.39 is 28.9 Å². The normalized spacial score (nSPS) is 13.2. The summed E-state index contributed by atoms with van der Waals surface area (Å²) in [6.07, 6.45) is 11.2. The van der Waals surface area contributed by atoms with Crippen LogP contribution in [-0.2, 0) is 39.1 Å². The molecule has 0 aliphatic rings. The third-order valence-corrected chi connectivity index (χ3v) is 15.8. The van der Waals surface area contributed by atoms with Crippen molar-refractivity contribution in [1.82, 2.24) is 4.57 Å². The molecular weight excluding hydrogens is 773 g/mol. The molecule has 0 spiro atoms. The maximum atomic E-state index is 6.09. The molecule has 0 radical (unpaired) electrons. The molecule has 7 aromatic rings. The summed E-state index contributed by atoms with van der Waals surface area (Å²) >= 11 is -0.826. The van der Waals surface area contributed by atoms with Gasteiger partial charge in [-0.3, -0.25) is 0 Å². The summed E-state index contributed by atoms with van der Waals surface area (Å²) in [5.41, 5.74) is 4.17. The fourth-order valence-corrected chi connectivity index (χ4v) is 13.8. The van der Waals surface area contributed by atoms with Crippen LogP contribution in [0, 0.1) is 0 Å². The number of unbranched alkanes of at least 4 members (excludes halogenated alkanes) is 6. The van der Waals surface area contributed by atoms with Gasteiger partial charge in [-0.2, -0.15) is 0 Å². The molecule has 0 fully saturated rings. The van der Waals surface area contributed by atoms with E-state index in [0.717, 1.165) is 13.0 Å². The van der Waals surface area contributed by atoms with Gasteiger partial charge in [0.1, 0.15) is 0 Å². The van der Waals surface area contributed by atoms with E-state index in [1.165, 1.54) is 117 Å².